The highest BCUT2D eigenvalue weighted by atomic mass is 16.3. The first-order valence-electron chi connectivity index (χ1n) is 8.90. The molecule has 2 aliphatic heterocycles. The monoisotopic (exact) mass is 362 g/mol. The van der Waals surface area contributed by atoms with E-state index in [0.717, 1.165) is 27.9 Å². The van der Waals surface area contributed by atoms with Crippen LogP contribution in [0.5, 0.6) is 0 Å². The Morgan fingerprint density at radius 2 is 2.04 bits per heavy atom. The topological polar surface area (TPSA) is 81.9 Å². The van der Waals surface area contributed by atoms with E-state index >= 15 is 0 Å². The van der Waals surface area contributed by atoms with E-state index in [9.17, 15) is 9.59 Å². The summed E-state index contributed by atoms with van der Waals surface area (Å²) in [5, 5.41) is 6.57. The van der Waals surface area contributed by atoms with Crippen LogP contribution in [-0.2, 0) is 22.6 Å². The molecule has 0 radical (unpaired) electrons. The number of amides is 2. The summed E-state index contributed by atoms with van der Waals surface area (Å²) in [6.07, 6.45) is 1.98. The number of H-pyrrole nitrogens is 1. The van der Waals surface area contributed by atoms with Crippen LogP contribution in [0.15, 0.2) is 45.9 Å². The Kier molecular flexibility index (Phi) is 3.43. The lowest BCUT2D eigenvalue weighted by Crippen LogP contribution is -2.60. The van der Waals surface area contributed by atoms with Gasteiger partial charge in [0.2, 0.25) is 5.91 Å². The standard InChI is InChI=1S/C20H18N4O3/c1-12-6-7-13(27-12)9-21-24-11-19(25)23-10-17-15(8-18(23)20(24)26)14-4-2-3-5-16(14)22-17/h2-7,9,18,22H,8,10-11H2,1H3/b21-9+/t18-/m0/s1. The van der Waals surface area contributed by atoms with E-state index < -0.39 is 6.04 Å². The fourth-order valence-electron chi connectivity index (χ4n) is 3.91. The maximum Gasteiger partial charge on any atom is 0.266 e. The van der Waals surface area contributed by atoms with Crippen LogP contribution in [0.3, 0.4) is 0 Å². The second-order valence-corrected chi connectivity index (χ2v) is 6.96. The number of aromatic nitrogens is 1. The molecule has 2 aromatic heterocycles. The second-order valence-electron chi connectivity index (χ2n) is 6.96. The van der Waals surface area contributed by atoms with Gasteiger partial charge in [-0.3, -0.25) is 9.59 Å². The smallest absolute Gasteiger partial charge is 0.266 e. The maximum atomic E-state index is 13.0. The number of fused-ring (bicyclic) bond motifs is 4. The fraction of sp³-hybridized carbons (Fsp3) is 0.250. The van der Waals surface area contributed by atoms with Gasteiger partial charge in [0.25, 0.3) is 5.91 Å². The van der Waals surface area contributed by atoms with Gasteiger partial charge in [-0.15, -0.1) is 0 Å². The van der Waals surface area contributed by atoms with Crippen LogP contribution in [0.25, 0.3) is 10.9 Å². The first-order valence-corrected chi connectivity index (χ1v) is 8.90. The number of para-hydroxylation sites is 1. The predicted molar refractivity (Wildman–Crippen MR) is 99.1 cm³/mol. The van der Waals surface area contributed by atoms with E-state index in [2.05, 4.69) is 10.1 Å². The van der Waals surface area contributed by atoms with Crippen LogP contribution in [-0.4, -0.2) is 45.5 Å². The van der Waals surface area contributed by atoms with Gasteiger partial charge in [-0.2, -0.15) is 5.10 Å². The van der Waals surface area contributed by atoms with Crippen molar-refractivity contribution in [2.45, 2.75) is 25.9 Å². The Labute approximate surface area is 155 Å². The molecule has 0 saturated carbocycles. The summed E-state index contributed by atoms with van der Waals surface area (Å²) in [5.74, 6) is 1.06. The highest BCUT2D eigenvalue weighted by Crippen LogP contribution is 2.32. The molecule has 1 atom stereocenters. The Balaban J connectivity index is 1.45. The third-order valence-corrected chi connectivity index (χ3v) is 5.23. The molecule has 1 saturated heterocycles. The summed E-state index contributed by atoms with van der Waals surface area (Å²) in [7, 11) is 0. The number of piperazine rings is 1. The number of benzene rings is 1. The van der Waals surface area contributed by atoms with Crippen molar-refractivity contribution in [3.05, 3.63) is 59.2 Å². The summed E-state index contributed by atoms with van der Waals surface area (Å²) in [5.41, 5.74) is 3.16. The molecule has 0 aliphatic carbocycles. The van der Waals surface area contributed by atoms with Crippen LogP contribution in [0.2, 0.25) is 0 Å². The number of hydrogen-bond acceptors (Lipinski definition) is 4. The normalized spacial score (nSPS) is 19.8. The Morgan fingerprint density at radius 3 is 2.85 bits per heavy atom. The van der Waals surface area contributed by atoms with E-state index in [1.807, 2.05) is 37.3 Å². The highest BCUT2D eigenvalue weighted by molar-refractivity contribution is 5.97. The molecule has 136 valence electrons. The molecule has 0 spiro atoms. The summed E-state index contributed by atoms with van der Waals surface area (Å²) in [6.45, 7) is 2.21. The zero-order valence-corrected chi connectivity index (χ0v) is 14.8. The minimum Gasteiger partial charge on any atom is -0.460 e. The van der Waals surface area contributed by atoms with Crippen molar-refractivity contribution in [2.75, 3.05) is 6.54 Å². The number of nitrogens with one attached hydrogen (secondary N) is 1. The van der Waals surface area contributed by atoms with Gasteiger partial charge in [0, 0.05) is 23.0 Å². The third-order valence-electron chi connectivity index (χ3n) is 5.23. The van der Waals surface area contributed by atoms with E-state index in [0.29, 0.717) is 18.7 Å². The van der Waals surface area contributed by atoms with Gasteiger partial charge in [0.15, 0.2) is 0 Å². The van der Waals surface area contributed by atoms with Crippen molar-refractivity contribution in [1.29, 1.82) is 0 Å². The number of nitrogens with zero attached hydrogens (tertiary/aromatic N) is 3. The third kappa shape index (κ3) is 2.54. The molecular weight excluding hydrogens is 344 g/mol. The van der Waals surface area contributed by atoms with E-state index in [1.54, 1.807) is 11.0 Å². The van der Waals surface area contributed by atoms with Crippen molar-refractivity contribution >= 4 is 28.9 Å². The van der Waals surface area contributed by atoms with Crippen LogP contribution in [0.4, 0.5) is 0 Å². The first-order chi connectivity index (χ1) is 13.1. The van der Waals surface area contributed by atoms with Gasteiger partial charge in [-0.1, -0.05) is 18.2 Å². The lowest BCUT2D eigenvalue weighted by atomic mass is 9.94. The van der Waals surface area contributed by atoms with E-state index in [4.69, 9.17) is 4.42 Å². The number of hydrazone groups is 1. The molecular formula is C20H18N4O3. The summed E-state index contributed by atoms with van der Waals surface area (Å²) in [4.78, 5) is 30.7. The zero-order valence-electron chi connectivity index (χ0n) is 14.8. The van der Waals surface area contributed by atoms with Crippen LogP contribution in [0, 0.1) is 6.92 Å². The molecule has 3 aromatic rings. The average Bonchev–Trinajstić information content (AvgIpc) is 3.25. The van der Waals surface area contributed by atoms with Crippen LogP contribution < -0.4 is 0 Å². The molecule has 0 unspecified atom stereocenters. The number of aromatic amines is 1. The lowest BCUT2D eigenvalue weighted by molar-refractivity contribution is -0.157. The number of furan rings is 1. The van der Waals surface area contributed by atoms with Gasteiger partial charge in [-0.05, 0) is 30.7 Å². The summed E-state index contributed by atoms with van der Waals surface area (Å²) >= 11 is 0. The number of rotatable bonds is 2. The molecule has 1 aromatic carbocycles. The van der Waals surface area contributed by atoms with Gasteiger partial charge in [0.05, 0.1) is 12.8 Å². The number of carbonyl (C=O) groups is 2. The average molecular weight is 362 g/mol. The molecule has 7 heteroatoms. The molecule has 4 heterocycles. The minimum atomic E-state index is -0.520. The highest BCUT2D eigenvalue weighted by Gasteiger charge is 2.43. The largest absolute Gasteiger partial charge is 0.460 e. The van der Waals surface area contributed by atoms with Gasteiger partial charge >= 0.3 is 0 Å². The Bertz CT molecular complexity index is 1090. The van der Waals surface area contributed by atoms with Crippen LogP contribution >= 0.6 is 0 Å². The Morgan fingerprint density at radius 1 is 1.19 bits per heavy atom. The van der Waals surface area contributed by atoms with Crippen LogP contribution in [0.1, 0.15) is 22.8 Å². The van der Waals surface area contributed by atoms with Crippen molar-refractivity contribution in [3.8, 4) is 0 Å². The van der Waals surface area contributed by atoms with Gasteiger partial charge < -0.3 is 14.3 Å². The lowest BCUT2D eigenvalue weighted by Gasteiger charge is -2.40. The summed E-state index contributed by atoms with van der Waals surface area (Å²) < 4.78 is 5.44. The van der Waals surface area contributed by atoms with E-state index in [-0.39, 0.29) is 18.4 Å². The molecule has 27 heavy (non-hydrogen) atoms. The molecule has 1 fully saturated rings. The second kappa shape index (κ2) is 5.84. The Hall–Kier alpha value is -3.35. The van der Waals surface area contributed by atoms with Gasteiger partial charge in [-0.25, -0.2) is 5.01 Å². The van der Waals surface area contributed by atoms with Gasteiger partial charge in [0.1, 0.15) is 24.1 Å². The predicted octanol–water partition coefficient (Wildman–Crippen LogP) is 2.20. The van der Waals surface area contributed by atoms with E-state index in [1.165, 1.54) is 11.2 Å². The number of aryl methyl sites for hydroxylation is 1. The molecule has 0 bridgehead atoms. The molecule has 7 nitrogen and oxygen atoms in total. The molecule has 2 amide bonds. The molecule has 5 rings (SSSR count). The number of hydrogen-bond donors (Lipinski definition) is 1. The molecule has 1 N–H and O–H groups in total. The minimum absolute atomic E-state index is 0.0545. The maximum absolute atomic E-state index is 13.0. The first kappa shape index (κ1) is 15.9. The zero-order chi connectivity index (χ0) is 18.5. The van der Waals surface area contributed by atoms with Crippen molar-refractivity contribution in [3.63, 3.8) is 0 Å². The summed E-state index contributed by atoms with van der Waals surface area (Å²) in [6, 6.07) is 11.1. The fourth-order valence-corrected chi connectivity index (χ4v) is 3.91. The number of carbonyl (C=O) groups excluding carboxylic acids is 2. The van der Waals surface area contributed by atoms with Crippen molar-refractivity contribution in [1.82, 2.24) is 14.9 Å². The quantitative estimate of drug-likeness (QED) is 0.710. The SMILES string of the molecule is Cc1ccc(/C=N/N2CC(=O)N3Cc4[nH]c5ccccc5c4C[C@H]3C2=O)o1. The van der Waals surface area contributed by atoms with Crippen molar-refractivity contribution in [2.24, 2.45) is 5.10 Å². The van der Waals surface area contributed by atoms with Crippen molar-refractivity contribution < 1.29 is 14.0 Å². The molecule has 2 aliphatic rings.